The van der Waals surface area contributed by atoms with Crippen molar-refractivity contribution < 1.29 is 27.6 Å². The van der Waals surface area contributed by atoms with Gasteiger partial charge in [0.05, 0.1) is 0 Å². The average molecular weight is 234 g/mol. The first-order valence-corrected chi connectivity index (χ1v) is 3.89. The zero-order valence-electron chi connectivity index (χ0n) is 7.62. The first kappa shape index (κ1) is 12.0. The van der Waals surface area contributed by atoms with Gasteiger partial charge < -0.3 is 4.84 Å². The van der Waals surface area contributed by atoms with Crippen LogP contribution in [-0.4, -0.2) is 23.0 Å². The molecule has 0 radical (unpaired) electrons. The highest BCUT2D eigenvalue weighted by Gasteiger charge is 2.41. The fourth-order valence-electron chi connectivity index (χ4n) is 0.713. The molecule has 0 aliphatic carbocycles. The number of hydroxylamine groups is 1. The minimum absolute atomic E-state index is 0.0185. The van der Waals surface area contributed by atoms with Crippen molar-refractivity contribution >= 4 is 11.9 Å². The van der Waals surface area contributed by atoms with Crippen molar-refractivity contribution in [3.8, 4) is 0 Å². The van der Waals surface area contributed by atoms with Gasteiger partial charge in [-0.15, -0.1) is 0 Å². The molecule has 1 amide bonds. The molecule has 1 heterocycles. The molecule has 0 atom stereocenters. The number of carbonyl (C=O) groups excluding carboxylic acids is 2. The Hall–Kier alpha value is -2.12. The van der Waals surface area contributed by atoms with Gasteiger partial charge in [-0.2, -0.15) is 18.7 Å². The summed E-state index contributed by atoms with van der Waals surface area (Å²) < 4.78 is 35.0. The lowest BCUT2D eigenvalue weighted by atomic mass is 10.3. The Balaban J connectivity index is 2.52. The van der Waals surface area contributed by atoms with E-state index in [-0.39, 0.29) is 5.56 Å². The lowest BCUT2D eigenvalue weighted by Crippen LogP contribution is -2.34. The highest BCUT2D eigenvalue weighted by Crippen LogP contribution is 2.15. The molecule has 0 aromatic carbocycles. The maximum atomic E-state index is 11.7. The fraction of sp³-hybridized carbons (Fsp3) is 0.125. The SMILES string of the molecule is O=C(NOC(=O)C(F)(F)F)c1ccncc1. The molecule has 0 aliphatic heterocycles. The van der Waals surface area contributed by atoms with Crippen molar-refractivity contribution in [1.82, 2.24) is 10.5 Å². The zero-order valence-corrected chi connectivity index (χ0v) is 7.62. The van der Waals surface area contributed by atoms with E-state index in [9.17, 15) is 22.8 Å². The highest BCUT2D eigenvalue weighted by molar-refractivity contribution is 5.94. The van der Waals surface area contributed by atoms with E-state index in [1.165, 1.54) is 30.0 Å². The van der Waals surface area contributed by atoms with Crippen LogP contribution in [-0.2, 0) is 9.63 Å². The summed E-state index contributed by atoms with van der Waals surface area (Å²) in [5.41, 5.74) is 1.39. The summed E-state index contributed by atoms with van der Waals surface area (Å²) in [5, 5.41) is 0. The molecular formula is C8H5F3N2O3. The van der Waals surface area contributed by atoms with E-state index in [1.54, 1.807) is 0 Å². The van der Waals surface area contributed by atoms with E-state index in [1.807, 2.05) is 0 Å². The van der Waals surface area contributed by atoms with Crippen LogP contribution in [0.1, 0.15) is 10.4 Å². The van der Waals surface area contributed by atoms with Gasteiger partial charge >= 0.3 is 12.1 Å². The molecule has 16 heavy (non-hydrogen) atoms. The smallest absolute Gasteiger partial charge is 0.332 e. The highest BCUT2D eigenvalue weighted by atomic mass is 19.4. The average Bonchev–Trinajstić information content (AvgIpc) is 2.25. The predicted molar refractivity (Wildman–Crippen MR) is 43.9 cm³/mol. The summed E-state index contributed by atoms with van der Waals surface area (Å²) in [4.78, 5) is 28.5. The lowest BCUT2D eigenvalue weighted by molar-refractivity contribution is -0.204. The Morgan fingerprint density at radius 2 is 1.81 bits per heavy atom. The summed E-state index contributed by atoms with van der Waals surface area (Å²) in [6.07, 6.45) is -2.62. The number of carbonyl (C=O) groups is 2. The molecule has 1 aromatic heterocycles. The normalized spacial score (nSPS) is 10.7. The second-order valence-corrected chi connectivity index (χ2v) is 2.55. The van der Waals surface area contributed by atoms with E-state index in [0.717, 1.165) is 0 Å². The number of hydrogen-bond donors (Lipinski definition) is 1. The molecule has 1 aromatic rings. The number of nitrogens with one attached hydrogen (secondary N) is 1. The predicted octanol–water partition coefficient (Wildman–Crippen LogP) is 0.832. The van der Waals surface area contributed by atoms with E-state index < -0.39 is 18.1 Å². The summed E-state index contributed by atoms with van der Waals surface area (Å²) in [6, 6.07) is 2.49. The van der Waals surface area contributed by atoms with Crippen LogP contribution in [0, 0.1) is 0 Å². The Morgan fingerprint density at radius 1 is 1.25 bits per heavy atom. The molecule has 0 fully saturated rings. The molecule has 1 rings (SSSR count). The molecular weight excluding hydrogens is 229 g/mol. The quantitative estimate of drug-likeness (QED) is 0.731. The minimum atomic E-state index is -5.15. The summed E-state index contributed by atoms with van der Waals surface area (Å²) in [7, 11) is 0. The number of halogens is 3. The largest absolute Gasteiger partial charge is 0.493 e. The first-order chi connectivity index (χ1) is 7.41. The molecule has 0 spiro atoms. The van der Waals surface area contributed by atoms with Gasteiger partial charge in [-0.1, -0.05) is 0 Å². The van der Waals surface area contributed by atoms with Crippen LogP contribution in [0.2, 0.25) is 0 Å². The monoisotopic (exact) mass is 234 g/mol. The van der Waals surface area contributed by atoms with Gasteiger partial charge in [0.1, 0.15) is 0 Å². The van der Waals surface area contributed by atoms with Crippen LogP contribution in [0.5, 0.6) is 0 Å². The van der Waals surface area contributed by atoms with E-state index in [0.29, 0.717) is 0 Å². The van der Waals surface area contributed by atoms with E-state index in [2.05, 4.69) is 9.82 Å². The van der Waals surface area contributed by atoms with Gasteiger partial charge in [0.25, 0.3) is 5.91 Å². The third-order valence-corrected chi connectivity index (χ3v) is 1.41. The topological polar surface area (TPSA) is 68.3 Å². The van der Waals surface area contributed by atoms with E-state index >= 15 is 0 Å². The Bertz CT molecular complexity index is 391. The second-order valence-electron chi connectivity index (χ2n) is 2.55. The lowest BCUT2D eigenvalue weighted by Gasteiger charge is -2.06. The maximum Gasteiger partial charge on any atom is 0.493 e. The van der Waals surface area contributed by atoms with Crippen molar-refractivity contribution in [2.24, 2.45) is 0 Å². The molecule has 1 N–H and O–H groups in total. The molecule has 0 saturated heterocycles. The summed E-state index contributed by atoms with van der Waals surface area (Å²) in [6.45, 7) is 0. The van der Waals surface area contributed by atoms with Gasteiger partial charge in [-0.3, -0.25) is 9.78 Å². The van der Waals surface area contributed by atoms with Crippen LogP contribution >= 0.6 is 0 Å². The number of aromatic nitrogens is 1. The number of alkyl halides is 3. The van der Waals surface area contributed by atoms with Crippen LogP contribution in [0.15, 0.2) is 24.5 Å². The van der Waals surface area contributed by atoms with Crippen molar-refractivity contribution in [2.75, 3.05) is 0 Å². The van der Waals surface area contributed by atoms with Gasteiger partial charge in [0.2, 0.25) is 0 Å². The van der Waals surface area contributed by atoms with Crippen molar-refractivity contribution in [3.63, 3.8) is 0 Å². The molecule has 86 valence electrons. The van der Waals surface area contributed by atoms with Gasteiger partial charge in [0.15, 0.2) is 0 Å². The Labute approximate surface area is 87.2 Å². The third kappa shape index (κ3) is 3.23. The molecule has 0 saturated carbocycles. The molecule has 0 unspecified atom stereocenters. The number of amides is 1. The maximum absolute atomic E-state index is 11.7. The Kier molecular flexibility index (Phi) is 3.44. The van der Waals surface area contributed by atoms with Gasteiger partial charge in [0, 0.05) is 18.0 Å². The van der Waals surface area contributed by atoms with Crippen LogP contribution < -0.4 is 5.48 Å². The van der Waals surface area contributed by atoms with Crippen LogP contribution in [0.4, 0.5) is 13.2 Å². The number of rotatable bonds is 1. The van der Waals surface area contributed by atoms with Gasteiger partial charge in [-0.25, -0.2) is 4.79 Å². The summed E-state index contributed by atoms with van der Waals surface area (Å²) in [5.74, 6) is -3.46. The van der Waals surface area contributed by atoms with Crippen LogP contribution in [0.3, 0.4) is 0 Å². The third-order valence-electron chi connectivity index (χ3n) is 1.41. The van der Waals surface area contributed by atoms with Crippen LogP contribution in [0.25, 0.3) is 0 Å². The molecule has 5 nitrogen and oxygen atoms in total. The second kappa shape index (κ2) is 4.60. The first-order valence-electron chi connectivity index (χ1n) is 3.89. The number of pyridine rings is 1. The van der Waals surface area contributed by atoms with E-state index in [4.69, 9.17) is 0 Å². The van der Waals surface area contributed by atoms with Crippen molar-refractivity contribution in [1.29, 1.82) is 0 Å². The Morgan fingerprint density at radius 3 is 2.31 bits per heavy atom. The van der Waals surface area contributed by atoms with Crippen molar-refractivity contribution in [3.05, 3.63) is 30.1 Å². The minimum Gasteiger partial charge on any atom is -0.332 e. The molecule has 0 bridgehead atoms. The number of nitrogens with zero attached hydrogens (tertiary/aromatic N) is 1. The van der Waals surface area contributed by atoms with Crippen molar-refractivity contribution in [2.45, 2.75) is 6.18 Å². The molecule has 0 aliphatic rings. The molecule has 8 heteroatoms. The zero-order chi connectivity index (χ0) is 12.2. The van der Waals surface area contributed by atoms with Gasteiger partial charge in [-0.05, 0) is 12.1 Å². The number of hydrogen-bond acceptors (Lipinski definition) is 4. The standard InChI is InChI=1S/C8H5F3N2O3/c9-8(10,11)7(15)16-13-6(14)5-1-3-12-4-2-5/h1-4H,(H,13,14). The fourth-order valence-corrected chi connectivity index (χ4v) is 0.713. The summed E-state index contributed by atoms with van der Waals surface area (Å²) >= 11 is 0.